The van der Waals surface area contributed by atoms with Crippen molar-refractivity contribution in [2.75, 3.05) is 13.1 Å². The number of H-pyrrole nitrogens is 1. The van der Waals surface area contributed by atoms with E-state index >= 15 is 0 Å². The lowest BCUT2D eigenvalue weighted by Crippen LogP contribution is -2.41. The first-order chi connectivity index (χ1) is 12.8. The zero-order valence-corrected chi connectivity index (χ0v) is 16.8. The third-order valence-corrected chi connectivity index (χ3v) is 4.32. The maximum atomic E-state index is 13.1. The molecular weight excluding hydrogens is 420 g/mol. The van der Waals surface area contributed by atoms with Crippen molar-refractivity contribution in [1.29, 1.82) is 0 Å². The van der Waals surface area contributed by atoms with Crippen molar-refractivity contribution >= 4 is 29.1 Å². The summed E-state index contributed by atoms with van der Waals surface area (Å²) in [4.78, 5) is 17.8. The molecule has 0 aliphatic carbocycles. The molecule has 0 saturated heterocycles. The van der Waals surface area contributed by atoms with E-state index in [0.29, 0.717) is 0 Å². The lowest BCUT2D eigenvalue weighted by molar-refractivity contribution is -0.141. The molecule has 11 heteroatoms. The van der Waals surface area contributed by atoms with E-state index in [1.165, 1.54) is 12.4 Å². The molecule has 154 valence electrons. The third-order valence-electron chi connectivity index (χ3n) is 3.72. The van der Waals surface area contributed by atoms with Gasteiger partial charge in [-0.1, -0.05) is 44.0 Å². The summed E-state index contributed by atoms with van der Waals surface area (Å²) in [6, 6.07) is 0. The third kappa shape index (κ3) is 5.36. The van der Waals surface area contributed by atoms with Gasteiger partial charge in [-0.15, -0.1) is 0 Å². The summed E-state index contributed by atoms with van der Waals surface area (Å²) >= 11 is 12.1. The minimum atomic E-state index is -4.77. The molecule has 0 aliphatic rings. The first-order valence-corrected chi connectivity index (χ1v) is 8.93. The van der Waals surface area contributed by atoms with E-state index in [2.05, 4.69) is 10.1 Å². The number of hydrogen-bond donors (Lipinski definition) is 2. The van der Waals surface area contributed by atoms with E-state index in [1.54, 1.807) is 0 Å². The second kappa shape index (κ2) is 8.26. The fourth-order valence-electron chi connectivity index (χ4n) is 2.67. The van der Waals surface area contributed by atoms with Gasteiger partial charge in [-0.3, -0.25) is 14.9 Å². The molecule has 28 heavy (non-hydrogen) atoms. The van der Waals surface area contributed by atoms with Gasteiger partial charge in [0.2, 0.25) is 0 Å². The highest BCUT2D eigenvalue weighted by Crippen LogP contribution is 2.33. The summed E-state index contributed by atoms with van der Waals surface area (Å²) in [5.74, 6) is -0.920. The number of aliphatic hydroxyl groups is 1. The number of amides is 1. The summed E-state index contributed by atoms with van der Waals surface area (Å²) in [5, 5.41) is 15.9. The molecule has 0 bridgehead atoms. The predicted molar refractivity (Wildman–Crippen MR) is 98.2 cm³/mol. The number of hydrogen-bond acceptors (Lipinski definition) is 4. The summed E-state index contributed by atoms with van der Waals surface area (Å²) in [5.41, 5.74) is -2.18. The van der Waals surface area contributed by atoms with Crippen LogP contribution in [0.15, 0.2) is 18.6 Å². The molecule has 6 nitrogen and oxygen atoms in total. The molecule has 0 aromatic carbocycles. The van der Waals surface area contributed by atoms with Crippen LogP contribution >= 0.6 is 23.2 Å². The number of carbonyl (C=O) groups is 1. The van der Waals surface area contributed by atoms with Gasteiger partial charge in [0, 0.05) is 24.5 Å². The summed E-state index contributed by atoms with van der Waals surface area (Å²) < 4.78 is 39.4. The van der Waals surface area contributed by atoms with Crippen molar-refractivity contribution in [3.05, 3.63) is 45.5 Å². The van der Waals surface area contributed by atoms with Crippen LogP contribution in [0.3, 0.4) is 0 Å². The fourth-order valence-corrected chi connectivity index (χ4v) is 3.28. The minimum absolute atomic E-state index is 0.0751. The zero-order valence-electron chi connectivity index (χ0n) is 15.3. The Labute approximate surface area is 169 Å². The SMILES string of the molecule is CC(C)(C)CN(CC(O)c1c(Cl)cncc1Cl)C(=O)c1cn[nH]c1C(F)(F)F. The number of rotatable bonds is 5. The maximum absolute atomic E-state index is 13.1. The highest BCUT2D eigenvalue weighted by atomic mass is 35.5. The predicted octanol–water partition coefficient (Wildman–Crippen LogP) is 4.35. The van der Waals surface area contributed by atoms with Crippen molar-refractivity contribution in [2.24, 2.45) is 5.41 Å². The van der Waals surface area contributed by atoms with Gasteiger partial charge in [0.05, 0.1) is 34.5 Å². The van der Waals surface area contributed by atoms with Gasteiger partial charge in [0.1, 0.15) is 0 Å². The topological polar surface area (TPSA) is 82.1 Å². The molecule has 2 rings (SSSR count). The largest absolute Gasteiger partial charge is 0.433 e. The average molecular weight is 439 g/mol. The van der Waals surface area contributed by atoms with Crippen LogP contribution in [0, 0.1) is 5.41 Å². The Bertz CT molecular complexity index is 829. The van der Waals surface area contributed by atoms with Crippen LogP contribution in [0.2, 0.25) is 10.0 Å². The molecule has 2 N–H and O–H groups in total. The lowest BCUT2D eigenvalue weighted by Gasteiger charge is -2.32. The number of alkyl halides is 3. The molecular formula is C17H19Cl2F3N4O2. The molecule has 1 atom stereocenters. The quantitative estimate of drug-likeness (QED) is 0.726. The Hall–Kier alpha value is -1.84. The summed E-state index contributed by atoms with van der Waals surface area (Å²) in [7, 11) is 0. The van der Waals surface area contributed by atoms with Crippen LogP contribution < -0.4 is 0 Å². The Morgan fingerprint density at radius 3 is 2.29 bits per heavy atom. The fraction of sp³-hybridized carbons (Fsp3) is 0.471. The highest BCUT2D eigenvalue weighted by molar-refractivity contribution is 6.35. The van der Waals surface area contributed by atoms with Crippen LogP contribution in [0.1, 0.15) is 48.5 Å². The number of nitrogens with zero attached hydrogens (tertiary/aromatic N) is 3. The molecule has 0 fully saturated rings. The van der Waals surface area contributed by atoms with Crippen LogP contribution in [-0.4, -0.2) is 44.2 Å². The van der Waals surface area contributed by atoms with Crippen molar-refractivity contribution in [1.82, 2.24) is 20.1 Å². The molecule has 2 aromatic heterocycles. The molecule has 1 unspecified atom stereocenters. The second-order valence-electron chi connectivity index (χ2n) is 7.44. The number of nitrogens with one attached hydrogen (secondary N) is 1. The van der Waals surface area contributed by atoms with Gasteiger partial charge in [0.15, 0.2) is 5.69 Å². The zero-order chi connectivity index (χ0) is 21.3. The monoisotopic (exact) mass is 438 g/mol. The Kier molecular flexibility index (Phi) is 6.62. The Balaban J connectivity index is 2.38. The van der Waals surface area contributed by atoms with E-state index < -0.39 is 34.9 Å². The molecule has 0 spiro atoms. The molecule has 2 heterocycles. The van der Waals surface area contributed by atoms with E-state index in [4.69, 9.17) is 23.2 Å². The van der Waals surface area contributed by atoms with Gasteiger partial charge in [-0.05, 0) is 5.41 Å². The van der Waals surface area contributed by atoms with Gasteiger partial charge in [-0.2, -0.15) is 18.3 Å². The standard InChI is InChI=1S/C17H19Cl2F3N4O2/c1-16(2,3)8-26(7-12(27)13-10(18)5-23-6-11(13)19)15(28)9-4-24-25-14(9)17(20,21)22/h4-6,12,27H,7-8H2,1-3H3,(H,24,25). The normalized spacial score (nSPS) is 13.5. The Morgan fingerprint density at radius 1 is 1.21 bits per heavy atom. The van der Waals surface area contributed by atoms with E-state index in [-0.39, 0.29) is 28.7 Å². The molecule has 2 aromatic rings. The second-order valence-corrected chi connectivity index (χ2v) is 8.25. The molecule has 1 amide bonds. The van der Waals surface area contributed by atoms with Crippen molar-refractivity contribution < 1.29 is 23.1 Å². The number of aromatic amines is 1. The van der Waals surface area contributed by atoms with Crippen LogP contribution in [-0.2, 0) is 6.18 Å². The highest BCUT2D eigenvalue weighted by Gasteiger charge is 2.39. The van der Waals surface area contributed by atoms with Crippen LogP contribution in [0.25, 0.3) is 0 Å². The van der Waals surface area contributed by atoms with Gasteiger partial charge >= 0.3 is 6.18 Å². The number of aliphatic hydroxyl groups excluding tert-OH is 1. The van der Waals surface area contributed by atoms with E-state index in [1.807, 2.05) is 25.9 Å². The maximum Gasteiger partial charge on any atom is 0.433 e. The van der Waals surface area contributed by atoms with Crippen LogP contribution in [0.5, 0.6) is 0 Å². The van der Waals surface area contributed by atoms with Gasteiger partial charge in [0.25, 0.3) is 5.91 Å². The van der Waals surface area contributed by atoms with Gasteiger partial charge < -0.3 is 10.0 Å². The molecule has 0 radical (unpaired) electrons. The minimum Gasteiger partial charge on any atom is -0.386 e. The first kappa shape index (κ1) is 22.4. The molecule has 0 saturated carbocycles. The Morgan fingerprint density at radius 2 is 1.79 bits per heavy atom. The lowest BCUT2D eigenvalue weighted by atomic mass is 9.95. The van der Waals surface area contributed by atoms with Gasteiger partial charge in [-0.25, -0.2) is 0 Å². The number of pyridine rings is 1. The number of carbonyl (C=O) groups excluding carboxylic acids is 1. The summed E-state index contributed by atoms with van der Waals surface area (Å²) in [6.07, 6.45) is -2.72. The van der Waals surface area contributed by atoms with Crippen molar-refractivity contribution in [3.63, 3.8) is 0 Å². The van der Waals surface area contributed by atoms with Crippen LogP contribution in [0.4, 0.5) is 13.2 Å². The average Bonchev–Trinajstić information content (AvgIpc) is 3.01. The first-order valence-electron chi connectivity index (χ1n) is 8.18. The van der Waals surface area contributed by atoms with E-state index in [0.717, 1.165) is 11.1 Å². The van der Waals surface area contributed by atoms with E-state index in [9.17, 15) is 23.1 Å². The number of halogens is 5. The smallest absolute Gasteiger partial charge is 0.386 e. The molecule has 0 aliphatic heterocycles. The summed E-state index contributed by atoms with van der Waals surface area (Å²) in [6.45, 7) is 5.19. The number of aromatic nitrogens is 3. The van der Waals surface area contributed by atoms with Crippen molar-refractivity contribution in [3.8, 4) is 0 Å². The van der Waals surface area contributed by atoms with Crippen molar-refractivity contribution in [2.45, 2.75) is 33.1 Å².